The first-order valence-corrected chi connectivity index (χ1v) is 4.84. The Morgan fingerprint density at radius 2 is 1.71 bits per heavy atom. The molecule has 0 atom stereocenters. The lowest BCUT2D eigenvalue weighted by Crippen LogP contribution is -2.18. The summed E-state index contributed by atoms with van der Waals surface area (Å²) >= 11 is 0. The second kappa shape index (κ2) is 3.56. The number of aromatic nitrogens is 2. The van der Waals surface area contributed by atoms with E-state index in [0.29, 0.717) is 0 Å². The van der Waals surface area contributed by atoms with Crippen molar-refractivity contribution < 1.29 is 0 Å². The van der Waals surface area contributed by atoms with Crippen molar-refractivity contribution in [3.05, 3.63) is 17.6 Å². The molecule has 0 amide bonds. The van der Waals surface area contributed by atoms with E-state index < -0.39 is 0 Å². The van der Waals surface area contributed by atoms with Crippen LogP contribution in [0.3, 0.4) is 0 Å². The maximum Gasteiger partial charge on any atom is 0.132 e. The third-order valence-corrected chi connectivity index (χ3v) is 2.05. The van der Waals surface area contributed by atoms with Gasteiger partial charge in [0.05, 0.1) is 5.69 Å². The van der Waals surface area contributed by atoms with Crippen molar-refractivity contribution in [3.8, 4) is 0 Å². The van der Waals surface area contributed by atoms with Gasteiger partial charge >= 0.3 is 0 Å². The first kappa shape index (κ1) is 11.0. The fraction of sp³-hybridized carbons (Fsp3) is 0.636. The van der Waals surface area contributed by atoms with Crippen LogP contribution in [0, 0.1) is 6.92 Å². The normalized spacial score (nSPS) is 11.6. The Bertz CT molecular complexity index is 324. The van der Waals surface area contributed by atoms with E-state index in [0.717, 1.165) is 17.3 Å². The number of hydrogen-bond donors (Lipinski definition) is 0. The first-order chi connectivity index (χ1) is 6.30. The summed E-state index contributed by atoms with van der Waals surface area (Å²) in [6, 6.07) is 2.05. The van der Waals surface area contributed by atoms with Crippen molar-refractivity contribution in [2.75, 3.05) is 19.0 Å². The van der Waals surface area contributed by atoms with Crippen LogP contribution in [0.1, 0.15) is 32.3 Å². The van der Waals surface area contributed by atoms with Gasteiger partial charge in [-0.05, 0) is 6.92 Å². The molecule has 1 rings (SSSR count). The molecule has 1 heterocycles. The van der Waals surface area contributed by atoms with Gasteiger partial charge in [-0.25, -0.2) is 9.97 Å². The van der Waals surface area contributed by atoms with Crippen molar-refractivity contribution in [2.24, 2.45) is 0 Å². The summed E-state index contributed by atoms with van der Waals surface area (Å²) in [5.41, 5.74) is 1.17. The molecule has 1 aromatic rings. The van der Waals surface area contributed by atoms with Crippen LogP contribution in [0.15, 0.2) is 6.07 Å². The van der Waals surface area contributed by atoms with Crippen LogP contribution in [0.2, 0.25) is 0 Å². The Balaban J connectivity index is 3.21. The number of anilines is 1. The molecule has 3 heteroatoms. The Morgan fingerprint density at radius 1 is 1.14 bits per heavy atom. The van der Waals surface area contributed by atoms with Gasteiger partial charge < -0.3 is 4.90 Å². The van der Waals surface area contributed by atoms with Crippen LogP contribution >= 0.6 is 0 Å². The summed E-state index contributed by atoms with van der Waals surface area (Å²) in [5.74, 6) is 1.81. The molecule has 1 aromatic heterocycles. The van der Waals surface area contributed by atoms with Gasteiger partial charge in [0.1, 0.15) is 11.6 Å². The van der Waals surface area contributed by atoms with Crippen molar-refractivity contribution in [2.45, 2.75) is 33.1 Å². The van der Waals surface area contributed by atoms with Crippen molar-refractivity contribution in [1.82, 2.24) is 9.97 Å². The standard InChI is InChI=1S/C11H19N3/c1-8-12-9(11(2,3)4)7-10(13-8)14(5)6/h7H,1-6H3. The number of nitrogens with zero attached hydrogens (tertiary/aromatic N) is 3. The molecule has 14 heavy (non-hydrogen) atoms. The van der Waals surface area contributed by atoms with Gasteiger partial charge in [0.2, 0.25) is 0 Å². The minimum absolute atomic E-state index is 0.0818. The fourth-order valence-corrected chi connectivity index (χ4v) is 1.17. The highest BCUT2D eigenvalue weighted by atomic mass is 15.1. The number of hydrogen-bond acceptors (Lipinski definition) is 3. The minimum atomic E-state index is 0.0818. The van der Waals surface area contributed by atoms with E-state index in [-0.39, 0.29) is 5.41 Å². The summed E-state index contributed by atoms with van der Waals surface area (Å²) in [6.07, 6.45) is 0. The van der Waals surface area contributed by atoms with Gasteiger partial charge in [0, 0.05) is 25.6 Å². The van der Waals surface area contributed by atoms with Crippen molar-refractivity contribution >= 4 is 5.82 Å². The molecule has 0 unspecified atom stereocenters. The van der Waals surface area contributed by atoms with Gasteiger partial charge in [-0.3, -0.25) is 0 Å². The minimum Gasteiger partial charge on any atom is -0.363 e. The fourth-order valence-electron chi connectivity index (χ4n) is 1.17. The molecule has 0 saturated heterocycles. The molecule has 0 radical (unpaired) electrons. The van der Waals surface area contributed by atoms with Gasteiger partial charge in [-0.1, -0.05) is 20.8 Å². The summed E-state index contributed by atoms with van der Waals surface area (Å²) in [4.78, 5) is 10.8. The van der Waals surface area contributed by atoms with Gasteiger partial charge in [0.15, 0.2) is 0 Å². The van der Waals surface area contributed by atoms with E-state index in [1.54, 1.807) is 0 Å². The highest BCUT2D eigenvalue weighted by Gasteiger charge is 2.17. The summed E-state index contributed by atoms with van der Waals surface area (Å²) in [5, 5.41) is 0. The zero-order chi connectivity index (χ0) is 10.9. The van der Waals surface area contributed by atoms with Crippen LogP contribution in [0.5, 0.6) is 0 Å². The molecule has 0 aliphatic carbocycles. The quantitative estimate of drug-likeness (QED) is 0.684. The Morgan fingerprint density at radius 3 is 2.14 bits per heavy atom. The average molecular weight is 193 g/mol. The van der Waals surface area contributed by atoms with E-state index in [9.17, 15) is 0 Å². The predicted octanol–water partition coefficient (Wildman–Crippen LogP) is 2.15. The second-order valence-electron chi connectivity index (χ2n) is 4.80. The van der Waals surface area contributed by atoms with E-state index >= 15 is 0 Å². The SMILES string of the molecule is Cc1nc(N(C)C)cc(C(C)(C)C)n1. The molecule has 0 fully saturated rings. The van der Waals surface area contributed by atoms with E-state index in [2.05, 4.69) is 30.7 Å². The predicted molar refractivity (Wildman–Crippen MR) is 59.8 cm³/mol. The highest BCUT2D eigenvalue weighted by molar-refractivity contribution is 5.39. The molecule has 0 bridgehead atoms. The highest BCUT2D eigenvalue weighted by Crippen LogP contribution is 2.22. The third kappa shape index (κ3) is 2.44. The van der Waals surface area contributed by atoms with E-state index in [4.69, 9.17) is 0 Å². The third-order valence-electron chi connectivity index (χ3n) is 2.05. The van der Waals surface area contributed by atoms with Crippen molar-refractivity contribution in [3.63, 3.8) is 0 Å². The zero-order valence-corrected chi connectivity index (χ0v) is 9.92. The van der Waals surface area contributed by atoms with E-state index in [1.807, 2.05) is 32.0 Å². The van der Waals surface area contributed by atoms with Gasteiger partial charge in [-0.15, -0.1) is 0 Å². The molecule has 0 aromatic carbocycles. The van der Waals surface area contributed by atoms with E-state index in [1.165, 1.54) is 0 Å². The maximum absolute atomic E-state index is 4.45. The molecule has 0 spiro atoms. The Hall–Kier alpha value is -1.12. The second-order valence-corrected chi connectivity index (χ2v) is 4.80. The molecule has 78 valence electrons. The van der Waals surface area contributed by atoms with Crippen molar-refractivity contribution in [1.29, 1.82) is 0 Å². The monoisotopic (exact) mass is 193 g/mol. The maximum atomic E-state index is 4.45. The van der Waals surface area contributed by atoms with Crippen LogP contribution in [0.4, 0.5) is 5.82 Å². The summed E-state index contributed by atoms with van der Waals surface area (Å²) in [6.45, 7) is 8.42. The molecule has 0 aliphatic heterocycles. The number of rotatable bonds is 1. The Kier molecular flexibility index (Phi) is 2.79. The lowest BCUT2D eigenvalue weighted by Gasteiger charge is -2.20. The largest absolute Gasteiger partial charge is 0.363 e. The number of aryl methyl sites for hydroxylation is 1. The van der Waals surface area contributed by atoms with Gasteiger partial charge in [0.25, 0.3) is 0 Å². The topological polar surface area (TPSA) is 29.0 Å². The summed E-state index contributed by atoms with van der Waals surface area (Å²) < 4.78 is 0. The lowest BCUT2D eigenvalue weighted by molar-refractivity contribution is 0.564. The smallest absolute Gasteiger partial charge is 0.132 e. The molecule has 0 N–H and O–H groups in total. The molecule has 0 aliphatic rings. The molecule has 3 nitrogen and oxygen atoms in total. The van der Waals surface area contributed by atoms with Gasteiger partial charge in [-0.2, -0.15) is 0 Å². The Labute approximate surface area is 86.2 Å². The zero-order valence-electron chi connectivity index (χ0n) is 9.92. The molecular formula is C11H19N3. The molecular weight excluding hydrogens is 174 g/mol. The average Bonchev–Trinajstić information content (AvgIpc) is 2.01. The van der Waals surface area contributed by atoms with Crippen LogP contribution < -0.4 is 4.90 Å². The molecule has 0 saturated carbocycles. The first-order valence-electron chi connectivity index (χ1n) is 4.84. The van der Waals surface area contributed by atoms with Crippen LogP contribution in [-0.4, -0.2) is 24.1 Å². The lowest BCUT2D eigenvalue weighted by atomic mass is 9.92. The van der Waals surface area contributed by atoms with Crippen LogP contribution in [0.25, 0.3) is 0 Å². The van der Waals surface area contributed by atoms with Crippen LogP contribution in [-0.2, 0) is 5.41 Å². The summed E-state index contributed by atoms with van der Waals surface area (Å²) in [7, 11) is 3.99.